The molecule has 0 saturated carbocycles. The number of methoxy groups -OCH3 is 2. The van der Waals surface area contributed by atoms with Crippen molar-refractivity contribution in [3.63, 3.8) is 0 Å². The van der Waals surface area contributed by atoms with E-state index in [2.05, 4.69) is 20.4 Å². The standard InChI is InChI=1S/C21H19Cl2N5O3S/c1-11-16-20(31-3)25-14(10-30-2)26-21(16)32-18(11)19(29)27-15-7-8-24-28(15)9-12-5-4-6-13(22)17(12)23/h4-8H,9-10H2,1-3H3,(H,27,29). The molecule has 0 bridgehead atoms. The van der Waals surface area contributed by atoms with E-state index < -0.39 is 0 Å². The topological polar surface area (TPSA) is 91.2 Å². The molecular weight excluding hydrogens is 473 g/mol. The highest BCUT2D eigenvalue weighted by Crippen LogP contribution is 2.35. The third-order valence-electron chi connectivity index (χ3n) is 4.79. The van der Waals surface area contributed by atoms with E-state index in [0.29, 0.717) is 49.2 Å². The molecule has 3 heterocycles. The van der Waals surface area contributed by atoms with E-state index in [1.54, 1.807) is 30.1 Å². The molecule has 4 rings (SSSR count). The maximum absolute atomic E-state index is 13.1. The lowest BCUT2D eigenvalue weighted by atomic mass is 10.2. The highest BCUT2D eigenvalue weighted by Gasteiger charge is 2.22. The smallest absolute Gasteiger partial charge is 0.267 e. The summed E-state index contributed by atoms with van der Waals surface area (Å²) in [5.41, 5.74) is 1.54. The van der Waals surface area contributed by atoms with Crippen LogP contribution < -0.4 is 10.1 Å². The van der Waals surface area contributed by atoms with Gasteiger partial charge in [-0.25, -0.2) is 9.67 Å². The fourth-order valence-electron chi connectivity index (χ4n) is 3.27. The molecule has 0 aliphatic rings. The molecule has 3 aromatic heterocycles. The molecule has 32 heavy (non-hydrogen) atoms. The molecule has 166 valence electrons. The number of hydrogen-bond acceptors (Lipinski definition) is 7. The van der Waals surface area contributed by atoms with Gasteiger partial charge in [-0.05, 0) is 24.1 Å². The lowest BCUT2D eigenvalue weighted by Crippen LogP contribution is -2.16. The van der Waals surface area contributed by atoms with E-state index in [9.17, 15) is 4.79 Å². The Morgan fingerprint density at radius 1 is 1.22 bits per heavy atom. The molecule has 0 atom stereocenters. The van der Waals surface area contributed by atoms with Crippen LogP contribution in [0, 0.1) is 6.92 Å². The first-order chi connectivity index (χ1) is 15.4. The van der Waals surface area contributed by atoms with Gasteiger partial charge in [0.2, 0.25) is 5.88 Å². The minimum absolute atomic E-state index is 0.246. The maximum atomic E-state index is 13.1. The molecular formula is C21H19Cl2N5O3S. The summed E-state index contributed by atoms with van der Waals surface area (Å²) in [5.74, 6) is 1.15. The van der Waals surface area contributed by atoms with Gasteiger partial charge in [0.05, 0.1) is 40.2 Å². The summed E-state index contributed by atoms with van der Waals surface area (Å²) >= 11 is 13.7. The van der Waals surface area contributed by atoms with Crippen molar-refractivity contribution in [1.82, 2.24) is 19.7 Å². The van der Waals surface area contributed by atoms with Crippen LogP contribution in [0.25, 0.3) is 10.2 Å². The molecule has 1 aromatic carbocycles. The van der Waals surface area contributed by atoms with Crippen LogP contribution in [-0.2, 0) is 17.9 Å². The molecule has 0 unspecified atom stereocenters. The molecule has 0 saturated heterocycles. The predicted molar refractivity (Wildman–Crippen MR) is 125 cm³/mol. The van der Waals surface area contributed by atoms with Crippen LogP contribution in [0.4, 0.5) is 5.82 Å². The fraction of sp³-hybridized carbons (Fsp3) is 0.238. The molecule has 0 fully saturated rings. The SMILES string of the molecule is COCc1nc(OC)c2c(C)c(C(=O)Nc3ccnn3Cc3cccc(Cl)c3Cl)sc2n1. The number of aryl methyl sites for hydroxylation is 1. The highest BCUT2D eigenvalue weighted by atomic mass is 35.5. The van der Waals surface area contributed by atoms with Crippen molar-refractivity contribution in [3.05, 3.63) is 62.3 Å². The van der Waals surface area contributed by atoms with Crippen LogP contribution in [0.15, 0.2) is 30.5 Å². The number of ether oxygens (including phenoxy) is 2. The number of nitrogens with zero attached hydrogens (tertiary/aromatic N) is 4. The van der Waals surface area contributed by atoms with Crippen molar-refractivity contribution in [2.45, 2.75) is 20.1 Å². The number of fused-ring (bicyclic) bond motifs is 1. The summed E-state index contributed by atoms with van der Waals surface area (Å²) in [6.45, 7) is 2.45. The van der Waals surface area contributed by atoms with Gasteiger partial charge in [0.15, 0.2) is 5.82 Å². The highest BCUT2D eigenvalue weighted by molar-refractivity contribution is 7.20. The predicted octanol–water partition coefficient (Wildman–Crippen LogP) is 4.96. The van der Waals surface area contributed by atoms with E-state index in [0.717, 1.165) is 11.1 Å². The van der Waals surface area contributed by atoms with E-state index in [1.807, 2.05) is 19.1 Å². The van der Waals surface area contributed by atoms with Crippen LogP contribution >= 0.6 is 34.5 Å². The molecule has 0 aliphatic heterocycles. The van der Waals surface area contributed by atoms with Gasteiger partial charge >= 0.3 is 0 Å². The summed E-state index contributed by atoms with van der Waals surface area (Å²) < 4.78 is 12.2. The number of benzene rings is 1. The Bertz CT molecular complexity index is 1300. The van der Waals surface area contributed by atoms with Crippen molar-refractivity contribution >= 4 is 56.5 Å². The van der Waals surface area contributed by atoms with Gasteiger partial charge in [0.1, 0.15) is 17.3 Å². The Labute approximate surface area is 198 Å². The van der Waals surface area contributed by atoms with E-state index in [-0.39, 0.29) is 12.5 Å². The molecule has 0 spiro atoms. The number of anilines is 1. The zero-order chi connectivity index (χ0) is 22.8. The van der Waals surface area contributed by atoms with Crippen LogP contribution in [0.3, 0.4) is 0 Å². The van der Waals surface area contributed by atoms with E-state index in [4.69, 9.17) is 32.7 Å². The van der Waals surface area contributed by atoms with Crippen molar-refractivity contribution in [3.8, 4) is 5.88 Å². The third kappa shape index (κ3) is 4.29. The largest absolute Gasteiger partial charge is 0.480 e. The normalized spacial score (nSPS) is 11.2. The number of hydrogen-bond donors (Lipinski definition) is 1. The number of carbonyl (C=O) groups is 1. The van der Waals surface area contributed by atoms with Crippen LogP contribution in [0.1, 0.15) is 26.6 Å². The summed E-state index contributed by atoms with van der Waals surface area (Å²) in [4.78, 5) is 23.2. The molecule has 4 aromatic rings. The number of amides is 1. The van der Waals surface area contributed by atoms with Crippen molar-refractivity contribution in [1.29, 1.82) is 0 Å². The summed E-state index contributed by atoms with van der Waals surface area (Å²) in [5, 5.41) is 8.86. The molecule has 8 nitrogen and oxygen atoms in total. The minimum Gasteiger partial charge on any atom is -0.480 e. The van der Waals surface area contributed by atoms with Crippen LogP contribution in [0.2, 0.25) is 10.0 Å². The third-order valence-corrected chi connectivity index (χ3v) is 6.83. The molecule has 1 amide bonds. The number of rotatable bonds is 7. The minimum atomic E-state index is -0.278. The first-order valence-corrected chi connectivity index (χ1v) is 11.1. The molecule has 0 radical (unpaired) electrons. The average molecular weight is 492 g/mol. The Hall–Kier alpha value is -2.72. The van der Waals surface area contributed by atoms with Crippen molar-refractivity contribution in [2.75, 3.05) is 19.5 Å². The van der Waals surface area contributed by atoms with Gasteiger partial charge in [0, 0.05) is 13.2 Å². The van der Waals surface area contributed by atoms with Crippen molar-refractivity contribution < 1.29 is 14.3 Å². The summed E-state index contributed by atoms with van der Waals surface area (Å²) in [6.07, 6.45) is 1.61. The molecule has 0 aliphatic carbocycles. The Balaban J connectivity index is 1.63. The van der Waals surface area contributed by atoms with Crippen molar-refractivity contribution in [2.24, 2.45) is 0 Å². The zero-order valence-electron chi connectivity index (χ0n) is 17.5. The second-order valence-corrected chi connectivity index (χ2v) is 8.64. The lowest BCUT2D eigenvalue weighted by molar-refractivity contribution is 0.102. The van der Waals surface area contributed by atoms with E-state index >= 15 is 0 Å². The summed E-state index contributed by atoms with van der Waals surface area (Å²) in [7, 11) is 3.10. The fourth-order valence-corrected chi connectivity index (χ4v) is 4.74. The first kappa shape index (κ1) is 22.5. The Morgan fingerprint density at radius 3 is 2.78 bits per heavy atom. The van der Waals surface area contributed by atoms with Crippen LogP contribution in [-0.4, -0.2) is 39.9 Å². The molecule has 1 N–H and O–H groups in total. The number of aromatic nitrogens is 4. The maximum Gasteiger partial charge on any atom is 0.267 e. The average Bonchev–Trinajstić information content (AvgIpc) is 3.35. The van der Waals surface area contributed by atoms with Gasteiger partial charge in [-0.15, -0.1) is 11.3 Å². The second-order valence-electron chi connectivity index (χ2n) is 6.86. The Morgan fingerprint density at radius 2 is 2.03 bits per heavy atom. The monoisotopic (exact) mass is 491 g/mol. The number of thiophene rings is 1. The van der Waals surface area contributed by atoms with E-state index in [1.165, 1.54) is 18.4 Å². The lowest BCUT2D eigenvalue weighted by Gasteiger charge is -2.10. The first-order valence-electron chi connectivity index (χ1n) is 9.52. The summed E-state index contributed by atoms with van der Waals surface area (Å²) in [6, 6.07) is 7.12. The molecule has 11 heteroatoms. The van der Waals surface area contributed by atoms with Gasteiger partial charge in [-0.1, -0.05) is 35.3 Å². The van der Waals surface area contributed by atoms with Gasteiger partial charge in [0.25, 0.3) is 5.91 Å². The Kier molecular flexibility index (Phi) is 6.61. The second kappa shape index (κ2) is 9.41. The van der Waals surface area contributed by atoms with Gasteiger partial charge in [-0.3, -0.25) is 4.79 Å². The number of halogens is 2. The van der Waals surface area contributed by atoms with Gasteiger partial charge < -0.3 is 14.8 Å². The van der Waals surface area contributed by atoms with Gasteiger partial charge in [-0.2, -0.15) is 10.1 Å². The number of carbonyl (C=O) groups excluding carboxylic acids is 1. The van der Waals surface area contributed by atoms with Crippen LogP contribution in [0.5, 0.6) is 5.88 Å². The quantitative estimate of drug-likeness (QED) is 0.392. The zero-order valence-corrected chi connectivity index (χ0v) is 19.8. The number of nitrogens with one attached hydrogen (secondary N) is 1.